The highest BCUT2D eigenvalue weighted by Crippen LogP contribution is 2.28. The zero-order valence-electron chi connectivity index (χ0n) is 16.0. The van der Waals surface area contributed by atoms with E-state index in [1.165, 1.54) is 11.8 Å². The third-order valence-corrected chi connectivity index (χ3v) is 5.88. The van der Waals surface area contributed by atoms with Crippen LogP contribution in [0.4, 0.5) is 0 Å². The Morgan fingerprint density at radius 2 is 2.04 bits per heavy atom. The molecule has 0 aliphatic carbocycles. The Kier molecular flexibility index (Phi) is 6.94. The maximum atomic E-state index is 12.3. The lowest BCUT2D eigenvalue weighted by atomic mass is 10.2. The van der Waals surface area contributed by atoms with E-state index in [0.29, 0.717) is 18.0 Å². The zero-order valence-corrected chi connectivity index (χ0v) is 17.6. The van der Waals surface area contributed by atoms with Crippen LogP contribution in [-0.2, 0) is 17.9 Å². The normalized spacial score (nSPS) is 10.7. The molecule has 0 aliphatic rings. The third-order valence-electron chi connectivity index (χ3n) is 4.04. The third kappa shape index (κ3) is 4.66. The molecule has 0 aliphatic heterocycles. The molecule has 1 amide bonds. The van der Waals surface area contributed by atoms with Gasteiger partial charge in [-0.2, -0.15) is 0 Å². The summed E-state index contributed by atoms with van der Waals surface area (Å²) in [6.07, 6.45) is 0. The van der Waals surface area contributed by atoms with Crippen LogP contribution >= 0.6 is 23.1 Å². The van der Waals surface area contributed by atoms with Crippen molar-refractivity contribution in [3.63, 3.8) is 0 Å². The van der Waals surface area contributed by atoms with Crippen molar-refractivity contribution >= 4 is 29.0 Å². The number of carbonyl (C=O) groups is 1. The first-order chi connectivity index (χ1) is 13.7. The average Bonchev–Trinajstić information content (AvgIpc) is 3.39. The number of hydrogen-bond acceptors (Lipinski definition) is 7. The van der Waals surface area contributed by atoms with Gasteiger partial charge in [-0.05, 0) is 36.1 Å². The Balaban J connectivity index is 1.56. The van der Waals surface area contributed by atoms with Crippen LogP contribution in [0.1, 0.15) is 12.5 Å². The first kappa shape index (κ1) is 20.2. The molecule has 2 heterocycles. The topological polar surface area (TPSA) is 78.3 Å². The summed E-state index contributed by atoms with van der Waals surface area (Å²) in [7, 11) is 3.18. The number of ether oxygens (including phenoxy) is 2. The molecule has 0 fully saturated rings. The molecule has 1 N–H and O–H groups in total. The second-order valence-corrected chi connectivity index (χ2v) is 7.67. The molecule has 0 saturated carbocycles. The number of thiophene rings is 1. The molecule has 0 saturated heterocycles. The molecule has 7 nitrogen and oxygen atoms in total. The molecule has 2 aromatic heterocycles. The number of hydrogen-bond donors (Lipinski definition) is 1. The average molecular weight is 419 g/mol. The first-order valence-electron chi connectivity index (χ1n) is 8.73. The van der Waals surface area contributed by atoms with E-state index >= 15 is 0 Å². The molecule has 3 rings (SSSR count). The zero-order chi connectivity index (χ0) is 19.9. The fraction of sp³-hybridized carbons (Fsp3) is 0.316. The van der Waals surface area contributed by atoms with Gasteiger partial charge in [-0.25, -0.2) is 0 Å². The Morgan fingerprint density at radius 3 is 2.71 bits per heavy atom. The molecule has 0 bridgehead atoms. The molecule has 0 radical (unpaired) electrons. The number of aromatic nitrogens is 3. The minimum absolute atomic E-state index is 0.0666. The summed E-state index contributed by atoms with van der Waals surface area (Å²) < 4.78 is 12.5. The van der Waals surface area contributed by atoms with E-state index in [2.05, 4.69) is 15.5 Å². The summed E-state index contributed by atoms with van der Waals surface area (Å²) in [5, 5.41) is 14.2. The van der Waals surface area contributed by atoms with Crippen molar-refractivity contribution in [2.45, 2.75) is 25.2 Å². The molecule has 1 aromatic carbocycles. The summed E-state index contributed by atoms with van der Waals surface area (Å²) in [4.78, 5) is 13.3. The molecule has 9 heteroatoms. The van der Waals surface area contributed by atoms with Crippen LogP contribution in [0.3, 0.4) is 0 Å². The van der Waals surface area contributed by atoms with Gasteiger partial charge in [0, 0.05) is 13.1 Å². The van der Waals surface area contributed by atoms with Crippen molar-refractivity contribution in [3.05, 3.63) is 41.3 Å². The van der Waals surface area contributed by atoms with Gasteiger partial charge in [0.05, 0.1) is 24.8 Å². The molecular weight excluding hydrogens is 396 g/mol. The maximum absolute atomic E-state index is 12.3. The summed E-state index contributed by atoms with van der Waals surface area (Å²) >= 11 is 3.01. The summed E-state index contributed by atoms with van der Waals surface area (Å²) in [6.45, 7) is 3.21. The standard InChI is InChI=1S/C19H22N4O3S2/c1-4-23-18(16-6-5-9-27-16)21-22-19(23)28-12-17(24)20-11-13-7-8-14(25-2)15(10-13)26-3/h5-10H,4,11-12H2,1-3H3,(H,20,24). The minimum atomic E-state index is -0.0666. The van der Waals surface area contributed by atoms with Gasteiger partial charge in [-0.3, -0.25) is 4.79 Å². The van der Waals surface area contributed by atoms with Crippen molar-refractivity contribution in [2.75, 3.05) is 20.0 Å². The number of rotatable bonds is 9. The van der Waals surface area contributed by atoms with Crippen molar-refractivity contribution < 1.29 is 14.3 Å². The number of methoxy groups -OCH3 is 2. The first-order valence-corrected chi connectivity index (χ1v) is 10.6. The van der Waals surface area contributed by atoms with Crippen LogP contribution in [0.15, 0.2) is 40.9 Å². The number of nitrogens with one attached hydrogen (secondary N) is 1. The number of carbonyl (C=O) groups excluding carboxylic acids is 1. The molecule has 3 aromatic rings. The lowest BCUT2D eigenvalue weighted by Gasteiger charge is -2.10. The summed E-state index contributed by atoms with van der Waals surface area (Å²) in [5.74, 6) is 2.35. The highest BCUT2D eigenvalue weighted by Gasteiger charge is 2.15. The number of thioether (sulfide) groups is 1. The Morgan fingerprint density at radius 1 is 1.21 bits per heavy atom. The van der Waals surface area contributed by atoms with Crippen LogP contribution in [0.5, 0.6) is 11.5 Å². The van der Waals surface area contributed by atoms with Crippen molar-refractivity contribution in [1.82, 2.24) is 20.1 Å². The lowest BCUT2D eigenvalue weighted by molar-refractivity contribution is -0.118. The van der Waals surface area contributed by atoms with E-state index in [9.17, 15) is 4.79 Å². The van der Waals surface area contributed by atoms with Gasteiger partial charge < -0.3 is 19.4 Å². The number of amides is 1. The summed E-state index contributed by atoms with van der Waals surface area (Å²) in [6, 6.07) is 9.59. The predicted molar refractivity (Wildman–Crippen MR) is 111 cm³/mol. The van der Waals surface area contributed by atoms with Crippen molar-refractivity contribution in [3.8, 4) is 22.2 Å². The van der Waals surface area contributed by atoms with Gasteiger partial charge in [0.1, 0.15) is 0 Å². The minimum Gasteiger partial charge on any atom is -0.493 e. The van der Waals surface area contributed by atoms with E-state index in [4.69, 9.17) is 9.47 Å². The quantitative estimate of drug-likeness (QED) is 0.536. The van der Waals surface area contributed by atoms with Gasteiger partial charge in [0.25, 0.3) is 0 Å². The van der Waals surface area contributed by atoms with Gasteiger partial charge in [-0.15, -0.1) is 21.5 Å². The highest BCUT2D eigenvalue weighted by molar-refractivity contribution is 7.99. The molecule has 0 atom stereocenters. The van der Waals surface area contributed by atoms with Crippen molar-refractivity contribution in [1.29, 1.82) is 0 Å². The van der Waals surface area contributed by atoms with Gasteiger partial charge in [0.2, 0.25) is 5.91 Å². The molecule has 148 valence electrons. The largest absolute Gasteiger partial charge is 0.493 e. The number of nitrogens with zero attached hydrogens (tertiary/aromatic N) is 3. The van der Waals surface area contributed by atoms with Gasteiger partial charge >= 0.3 is 0 Å². The van der Waals surface area contributed by atoms with Crippen LogP contribution in [0.2, 0.25) is 0 Å². The SMILES string of the molecule is CCn1c(SCC(=O)NCc2ccc(OC)c(OC)c2)nnc1-c1cccs1. The lowest BCUT2D eigenvalue weighted by Crippen LogP contribution is -2.24. The van der Waals surface area contributed by atoms with Gasteiger partial charge in [-0.1, -0.05) is 23.9 Å². The molecule has 0 spiro atoms. The van der Waals surface area contributed by atoms with Crippen LogP contribution in [0, 0.1) is 0 Å². The van der Waals surface area contributed by atoms with E-state index in [1.54, 1.807) is 25.6 Å². The monoisotopic (exact) mass is 418 g/mol. The smallest absolute Gasteiger partial charge is 0.230 e. The summed E-state index contributed by atoms with van der Waals surface area (Å²) in [5.41, 5.74) is 0.938. The highest BCUT2D eigenvalue weighted by atomic mass is 32.2. The Bertz CT molecular complexity index is 925. The molecule has 28 heavy (non-hydrogen) atoms. The van der Waals surface area contributed by atoms with E-state index < -0.39 is 0 Å². The number of benzene rings is 1. The fourth-order valence-corrected chi connectivity index (χ4v) is 4.19. The van der Waals surface area contributed by atoms with Crippen LogP contribution in [0.25, 0.3) is 10.7 Å². The van der Waals surface area contributed by atoms with E-state index in [-0.39, 0.29) is 11.7 Å². The second-order valence-electron chi connectivity index (χ2n) is 5.78. The molecule has 0 unspecified atom stereocenters. The van der Waals surface area contributed by atoms with Gasteiger partial charge in [0.15, 0.2) is 22.5 Å². The van der Waals surface area contributed by atoms with E-state index in [1.807, 2.05) is 47.2 Å². The van der Waals surface area contributed by atoms with E-state index in [0.717, 1.165) is 28.0 Å². The maximum Gasteiger partial charge on any atom is 0.230 e. The second kappa shape index (κ2) is 9.61. The van der Waals surface area contributed by atoms with Crippen molar-refractivity contribution in [2.24, 2.45) is 0 Å². The fourth-order valence-electron chi connectivity index (χ4n) is 2.64. The van der Waals surface area contributed by atoms with Crippen LogP contribution in [-0.4, -0.2) is 40.6 Å². The van der Waals surface area contributed by atoms with Crippen LogP contribution < -0.4 is 14.8 Å². The predicted octanol–water partition coefficient (Wildman–Crippen LogP) is 3.45. The Labute approximate surface area is 172 Å². The Hall–Kier alpha value is -2.52. The molecular formula is C19H22N4O3S2.